The second-order valence-corrected chi connectivity index (χ2v) is 13.6. The van der Waals surface area contributed by atoms with Crippen LogP contribution in [0.1, 0.15) is 41.0 Å². The van der Waals surface area contributed by atoms with Crippen LogP contribution in [0.15, 0.2) is 73.2 Å². The van der Waals surface area contributed by atoms with Gasteiger partial charge in [-0.3, -0.25) is 10.3 Å². The summed E-state index contributed by atoms with van der Waals surface area (Å²) in [5.74, 6) is 0.580. The molecule has 3 N–H and O–H groups in total. The van der Waals surface area contributed by atoms with Crippen molar-refractivity contribution in [1.29, 1.82) is 0 Å². The molecule has 2 amide bonds. The lowest BCUT2D eigenvalue weighted by molar-refractivity contribution is 0.212. The number of benzene rings is 1. The molecule has 6 heterocycles. The van der Waals surface area contributed by atoms with Gasteiger partial charge in [-0.15, -0.1) is 0 Å². The van der Waals surface area contributed by atoms with Crippen LogP contribution in [-0.4, -0.2) is 68.0 Å². The number of nitrogens with zero attached hydrogens (tertiary/aromatic N) is 5. The summed E-state index contributed by atoms with van der Waals surface area (Å²) >= 11 is 0. The molecule has 0 saturated carbocycles. The maximum atomic E-state index is 13.2. The zero-order valence-electron chi connectivity index (χ0n) is 24.8. The molecule has 1 saturated heterocycles. The van der Waals surface area contributed by atoms with Crippen LogP contribution in [0.2, 0.25) is 0 Å². The number of piperidine rings is 1. The number of urea groups is 1. The smallest absolute Gasteiger partial charge is 0.323 e. The lowest BCUT2D eigenvalue weighted by atomic mass is 9.91. The molecule has 0 bridgehead atoms. The standard InChI is InChI=1S/C33H33N7O4S/c1-45(43,44)40-14-10-21(11-15-40)22-6-7-29(36-17-22)30-16-27-25(8-12-34-31(27)37-30)26-9-13-35-32(28(26)20-41)38-33(42)39-18-23-4-2-3-5-24(23)19-39/h2-9,12-13,16-17,21,41H,10-11,14-15,18-20H2,1H3,(H,34,37)(H,35,38,42). The molecule has 12 heteroatoms. The van der Waals surface area contributed by atoms with E-state index in [1.54, 1.807) is 17.3 Å². The van der Waals surface area contributed by atoms with Gasteiger partial charge in [0, 0.05) is 55.7 Å². The highest BCUT2D eigenvalue weighted by atomic mass is 32.2. The van der Waals surface area contributed by atoms with E-state index in [0.717, 1.165) is 57.4 Å². The fourth-order valence-electron chi connectivity index (χ4n) is 6.40. The number of carbonyl (C=O) groups excluding carboxylic acids is 1. The van der Waals surface area contributed by atoms with E-state index in [0.29, 0.717) is 43.2 Å². The molecule has 1 aromatic carbocycles. The van der Waals surface area contributed by atoms with Crippen molar-refractivity contribution in [2.75, 3.05) is 24.7 Å². The number of aliphatic hydroxyl groups excluding tert-OH is 1. The van der Waals surface area contributed by atoms with Crippen molar-refractivity contribution >= 4 is 32.9 Å². The predicted octanol–water partition coefficient (Wildman–Crippen LogP) is 4.87. The Hall–Kier alpha value is -4.65. The maximum Gasteiger partial charge on any atom is 0.323 e. The van der Waals surface area contributed by atoms with E-state index < -0.39 is 10.0 Å². The number of aromatic nitrogens is 4. The summed E-state index contributed by atoms with van der Waals surface area (Å²) in [5.41, 5.74) is 7.67. The van der Waals surface area contributed by atoms with Crippen molar-refractivity contribution < 1.29 is 18.3 Å². The molecule has 0 atom stereocenters. The van der Waals surface area contributed by atoms with Crippen LogP contribution in [0.5, 0.6) is 0 Å². The van der Waals surface area contributed by atoms with Crippen molar-refractivity contribution in [2.45, 2.75) is 38.5 Å². The maximum absolute atomic E-state index is 13.2. The van der Waals surface area contributed by atoms with Crippen molar-refractivity contribution in [3.63, 3.8) is 0 Å². The zero-order chi connectivity index (χ0) is 31.1. The second kappa shape index (κ2) is 11.7. The molecule has 11 nitrogen and oxygen atoms in total. The van der Waals surface area contributed by atoms with Gasteiger partial charge >= 0.3 is 6.03 Å². The summed E-state index contributed by atoms with van der Waals surface area (Å²) in [5, 5.41) is 14.2. The number of amides is 2. The van der Waals surface area contributed by atoms with Gasteiger partial charge in [-0.1, -0.05) is 30.3 Å². The molecule has 230 valence electrons. The average Bonchev–Trinajstić information content (AvgIpc) is 3.69. The molecule has 2 aliphatic heterocycles. The molecule has 0 spiro atoms. The summed E-state index contributed by atoms with van der Waals surface area (Å²) in [7, 11) is -3.17. The van der Waals surface area contributed by atoms with Gasteiger partial charge in [-0.2, -0.15) is 0 Å². The number of H-pyrrole nitrogens is 1. The molecule has 0 unspecified atom stereocenters. The van der Waals surface area contributed by atoms with E-state index in [1.165, 1.54) is 10.6 Å². The summed E-state index contributed by atoms with van der Waals surface area (Å²) in [6.45, 7) is 1.76. The van der Waals surface area contributed by atoms with Crippen LogP contribution in [0.4, 0.5) is 10.6 Å². The van der Waals surface area contributed by atoms with Gasteiger partial charge in [0.15, 0.2) is 0 Å². The predicted molar refractivity (Wildman–Crippen MR) is 172 cm³/mol. The quantitative estimate of drug-likeness (QED) is 0.245. The molecule has 1 fully saturated rings. The number of hydrogen-bond donors (Lipinski definition) is 3. The third-order valence-corrected chi connectivity index (χ3v) is 10.1. The number of fused-ring (bicyclic) bond motifs is 2. The first-order valence-corrected chi connectivity index (χ1v) is 16.7. The number of sulfonamides is 1. The van der Waals surface area contributed by atoms with Crippen LogP contribution in [0.3, 0.4) is 0 Å². The summed E-state index contributed by atoms with van der Waals surface area (Å²) in [4.78, 5) is 32.0. The van der Waals surface area contributed by atoms with Gasteiger partial charge < -0.3 is 15.0 Å². The van der Waals surface area contributed by atoms with Crippen molar-refractivity contribution in [2.24, 2.45) is 0 Å². The number of rotatable bonds is 6. The van der Waals surface area contributed by atoms with Gasteiger partial charge in [0.2, 0.25) is 10.0 Å². The molecular weight excluding hydrogens is 590 g/mol. The van der Waals surface area contributed by atoms with Gasteiger partial charge in [0.05, 0.1) is 24.3 Å². The highest BCUT2D eigenvalue weighted by Crippen LogP contribution is 2.36. The van der Waals surface area contributed by atoms with Crippen molar-refractivity contribution in [3.8, 4) is 22.5 Å². The third kappa shape index (κ3) is 5.68. The molecule has 4 aromatic heterocycles. The SMILES string of the molecule is CS(=O)(=O)N1CCC(c2ccc(-c3cc4c(-c5ccnc(NC(=O)N6Cc7ccccc7C6)c5CO)ccnc4[nH]3)nc2)CC1. The van der Waals surface area contributed by atoms with Crippen LogP contribution in [0.25, 0.3) is 33.5 Å². The Kier molecular flexibility index (Phi) is 7.56. The van der Waals surface area contributed by atoms with Gasteiger partial charge in [-0.05, 0) is 70.8 Å². The Morgan fingerprint density at radius 1 is 0.978 bits per heavy atom. The molecular formula is C33H33N7O4S. The molecule has 2 aliphatic rings. The highest BCUT2D eigenvalue weighted by molar-refractivity contribution is 7.88. The van der Waals surface area contributed by atoms with E-state index in [1.807, 2.05) is 54.7 Å². The molecule has 5 aromatic rings. The van der Waals surface area contributed by atoms with Crippen LogP contribution < -0.4 is 5.32 Å². The summed E-state index contributed by atoms with van der Waals surface area (Å²) in [6, 6.07) is 17.5. The Morgan fingerprint density at radius 2 is 1.69 bits per heavy atom. The monoisotopic (exact) mass is 623 g/mol. The number of carbonyl (C=O) groups is 1. The fourth-order valence-corrected chi connectivity index (χ4v) is 7.27. The van der Waals surface area contributed by atoms with E-state index in [4.69, 9.17) is 4.98 Å². The lowest BCUT2D eigenvalue weighted by Crippen LogP contribution is -2.37. The Bertz CT molecular complexity index is 1980. The largest absolute Gasteiger partial charge is 0.392 e. The molecule has 45 heavy (non-hydrogen) atoms. The minimum atomic E-state index is -3.17. The summed E-state index contributed by atoms with van der Waals surface area (Å²) in [6.07, 6.45) is 8.00. The number of aromatic amines is 1. The number of nitrogens with one attached hydrogen (secondary N) is 2. The van der Waals surface area contributed by atoms with E-state index in [2.05, 4.69) is 26.3 Å². The van der Waals surface area contributed by atoms with Crippen LogP contribution >= 0.6 is 0 Å². The summed E-state index contributed by atoms with van der Waals surface area (Å²) < 4.78 is 25.3. The van der Waals surface area contributed by atoms with E-state index >= 15 is 0 Å². The third-order valence-electron chi connectivity index (χ3n) is 8.85. The van der Waals surface area contributed by atoms with Crippen molar-refractivity contribution in [1.82, 2.24) is 29.1 Å². The number of anilines is 1. The Labute approximate surface area is 261 Å². The second-order valence-electron chi connectivity index (χ2n) is 11.6. The first kappa shape index (κ1) is 29.1. The minimum Gasteiger partial charge on any atom is -0.392 e. The zero-order valence-corrected chi connectivity index (χ0v) is 25.6. The van der Waals surface area contributed by atoms with Crippen molar-refractivity contribution in [3.05, 3.63) is 95.4 Å². The van der Waals surface area contributed by atoms with Crippen LogP contribution in [-0.2, 0) is 29.7 Å². The molecule has 0 radical (unpaired) electrons. The number of aliphatic hydroxyl groups is 1. The lowest BCUT2D eigenvalue weighted by Gasteiger charge is -2.30. The number of hydrogen-bond acceptors (Lipinski definition) is 7. The van der Waals surface area contributed by atoms with E-state index in [9.17, 15) is 18.3 Å². The van der Waals surface area contributed by atoms with E-state index in [-0.39, 0.29) is 18.6 Å². The normalized spacial score (nSPS) is 15.8. The topological polar surface area (TPSA) is 144 Å². The minimum absolute atomic E-state index is 0.264. The Balaban J connectivity index is 1.13. The van der Waals surface area contributed by atoms with Gasteiger partial charge in [0.25, 0.3) is 0 Å². The van der Waals surface area contributed by atoms with Gasteiger partial charge in [0.1, 0.15) is 11.5 Å². The first-order valence-electron chi connectivity index (χ1n) is 14.9. The van der Waals surface area contributed by atoms with Crippen LogP contribution in [0, 0.1) is 0 Å². The Morgan fingerprint density at radius 3 is 2.36 bits per heavy atom. The van der Waals surface area contributed by atoms with Gasteiger partial charge in [-0.25, -0.2) is 27.5 Å². The number of pyridine rings is 3. The molecule has 0 aliphatic carbocycles. The highest BCUT2D eigenvalue weighted by Gasteiger charge is 2.27. The fraction of sp³-hybridized carbons (Fsp3) is 0.273. The molecule has 7 rings (SSSR count). The first-order chi connectivity index (χ1) is 21.8. The average molecular weight is 624 g/mol.